The molecule has 132 valence electrons. The van der Waals surface area contributed by atoms with E-state index in [9.17, 15) is 9.59 Å². The molecule has 0 aliphatic heterocycles. The molecule has 26 heavy (non-hydrogen) atoms. The van der Waals surface area contributed by atoms with Gasteiger partial charge in [0, 0.05) is 19.3 Å². The third-order valence-corrected chi connectivity index (χ3v) is 4.10. The fourth-order valence-electron chi connectivity index (χ4n) is 2.84. The van der Waals surface area contributed by atoms with Crippen LogP contribution in [0.4, 0.5) is 0 Å². The summed E-state index contributed by atoms with van der Waals surface area (Å²) in [6, 6.07) is 5.07. The number of amides is 1. The molecule has 0 bridgehead atoms. The number of rotatable bonds is 5. The Kier molecular flexibility index (Phi) is 4.53. The Balaban J connectivity index is 2.44. The monoisotopic (exact) mass is 349 g/mol. The first-order chi connectivity index (χ1) is 12.5. The van der Waals surface area contributed by atoms with Crippen molar-refractivity contribution in [1.82, 2.24) is 19.3 Å². The summed E-state index contributed by atoms with van der Waals surface area (Å²) < 4.78 is 2.96. The van der Waals surface area contributed by atoms with Crippen LogP contribution in [-0.2, 0) is 6.54 Å². The van der Waals surface area contributed by atoms with E-state index in [0.29, 0.717) is 11.3 Å². The van der Waals surface area contributed by atoms with E-state index < -0.39 is 5.91 Å². The molecule has 1 amide bonds. The molecule has 0 aliphatic rings. The predicted molar refractivity (Wildman–Crippen MR) is 100 cm³/mol. The summed E-state index contributed by atoms with van der Waals surface area (Å²) in [6.07, 6.45) is 4.79. The van der Waals surface area contributed by atoms with Crippen molar-refractivity contribution in [2.24, 2.45) is 0 Å². The summed E-state index contributed by atoms with van der Waals surface area (Å²) >= 11 is 0. The Hall–Kier alpha value is -3.48. The van der Waals surface area contributed by atoms with Crippen molar-refractivity contribution < 1.29 is 4.79 Å². The number of carbonyl (C=O) groups excluding carboxylic acids is 1. The van der Waals surface area contributed by atoms with Crippen molar-refractivity contribution in [3.63, 3.8) is 0 Å². The van der Waals surface area contributed by atoms with Crippen LogP contribution in [0.2, 0.25) is 0 Å². The van der Waals surface area contributed by atoms with E-state index in [4.69, 9.17) is 5.41 Å². The molecular formula is C19H19N5O2. The van der Waals surface area contributed by atoms with Gasteiger partial charge in [-0.25, -0.2) is 4.98 Å². The Morgan fingerprint density at radius 3 is 2.81 bits per heavy atom. The van der Waals surface area contributed by atoms with Crippen LogP contribution in [0, 0.1) is 12.3 Å². The quantitative estimate of drug-likeness (QED) is 0.540. The topological polar surface area (TPSA) is 92.2 Å². The molecule has 2 N–H and O–H groups in total. The van der Waals surface area contributed by atoms with E-state index >= 15 is 0 Å². The fraction of sp³-hybridized carbons (Fsp3) is 0.158. The van der Waals surface area contributed by atoms with Crippen LogP contribution in [0.3, 0.4) is 0 Å². The average molecular weight is 349 g/mol. The number of pyridine rings is 2. The normalized spacial score (nSPS) is 10.8. The van der Waals surface area contributed by atoms with Crippen molar-refractivity contribution in [1.29, 1.82) is 5.41 Å². The molecule has 0 saturated heterocycles. The number of hydrogen-bond donors (Lipinski definition) is 2. The molecule has 0 unspecified atom stereocenters. The molecule has 3 rings (SSSR count). The molecule has 0 saturated carbocycles. The van der Waals surface area contributed by atoms with Crippen molar-refractivity contribution in [3.05, 3.63) is 76.7 Å². The minimum atomic E-state index is -0.441. The van der Waals surface area contributed by atoms with Gasteiger partial charge in [0.2, 0.25) is 0 Å². The largest absolute Gasteiger partial charge is 0.348 e. The van der Waals surface area contributed by atoms with Gasteiger partial charge in [-0.1, -0.05) is 18.2 Å². The lowest BCUT2D eigenvalue weighted by atomic mass is 10.2. The summed E-state index contributed by atoms with van der Waals surface area (Å²) in [6.45, 7) is 9.65. The summed E-state index contributed by atoms with van der Waals surface area (Å²) in [5, 5.41) is 11.3. The smallest absolute Gasteiger partial charge is 0.267 e. The highest BCUT2D eigenvalue weighted by Gasteiger charge is 2.17. The van der Waals surface area contributed by atoms with Crippen molar-refractivity contribution in [2.45, 2.75) is 13.5 Å². The maximum atomic E-state index is 13.0. The van der Waals surface area contributed by atoms with Gasteiger partial charge in [0.15, 0.2) is 0 Å². The zero-order valence-corrected chi connectivity index (χ0v) is 14.5. The van der Waals surface area contributed by atoms with Gasteiger partial charge in [0.1, 0.15) is 16.8 Å². The maximum absolute atomic E-state index is 13.0. The van der Waals surface area contributed by atoms with Gasteiger partial charge in [-0.3, -0.25) is 19.4 Å². The zero-order valence-electron chi connectivity index (χ0n) is 14.5. The van der Waals surface area contributed by atoms with Gasteiger partial charge in [-0.15, -0.1) is 13.2 Å². The second-order valence-corrected chi connectivity index (χ2v) is 5.84. The predicted octanol–water partition coefficient (Wildman–Crippen LogP) is 1.54. The molecule has 7 heteroatoms. The molecule has 0 radical (unpaired) electrons. The molecule has 0 atom stereocenters. The number of fused-ring (bicyclic) bond motifs is 2. The lowest BCUT2D eigenvalue weighted by molar-refractivity contribution is 0.0955. The van der Waals surface area contributed by atoms with E-state index in [1.165, 1.54) is 15.0 Å². The van der Waals surface area contributed by atoms with Crippen molar-refractivity contribution in [2.75, 3.05) is 6.54 Å². The minimum absolute atomic E-state index is 0.0243. The average Bonchev–Trinajstić information content (AvgIpc) is 2.63. The highest BCUT2D eigenvalue weighted by molar-refractivity contribution is 5.96. The lowest BCUT2D eigenvalue weighted by Crippen LogP contribution is -2.35. The van der Waals surface area contributed by atoms with Gasteiger partial charge in [-0.2, -0.15) is 0 Å². The van der Waals surface area contributed by atoms with E-state index in [1.807, 2.05) is 13.0 Å². The molecule has 0 aliphatic carbocycles. The minimum Gasteiger partial charge on any atom is -0.348 e. The molecule has 3 aromatic heterocycles. The van der Waals surface area contributed by atoms with E-state index in [1.54, 1.807) is 24.4 Å². The molecule has 0 aromatic carbocycles. The van der Waals surface area contributed by atoms with Gasteiger partial charge in [0.25, 0.3) is 11.5 Å². The number of nitrogens with zero attached hydrogens (tertiary/aromatic N) is 3. The van der Waals surface area contributed by atoms with Crippen molar-refractivity contribution >= 4 is 22.6 Å². The van der Waals surface area contributed by atoms with Gasteiger partial charge < -0.3 is 9.88 Å². The van der Waals surface area contributed by atoms with E-state index in [0.717, 1.165) is 5.56 Å². The first-order valence-corrected chi connectivity index (χ1v) is 8.09. The van der Waals surface area contributed by atoms with E-state index in [2.05, 4.69) is 23.5 Å². The van der Waals surface area contributed by atoms with Crippen LogP contribution < -0.4 is 16.4 Å². The second-order valence-electron chi connectivity index (χ2n) is 5.84. The second kappa shape index (κ2) is 6.79. The highest BCUT2D eigenvalue weighted by Crippen LogP contribution is 2.12. The van der Waals surface area contributed by atoms with Crippen LogP contribution in [-0.4, -0.2) is 26.4 Å². The summed E-state index contributed by atoms with van der Waals surface area (Å²) in [5.41, 5.74) is 1.51. The van der Waals surface area contributed by atoms with Crippen LogP contribution >= 0.6 is 0 Å². The SMILES string of the molecule is C=CCNC(=O)c1cc2c(=O)n3cccc(C)c3nc2n(CC=C)c1=N. The number of aromatic nitrogens is 3. The van der Waals surface area contributed by atoms with Crippen LogP contribution in [0.25, 0.3) is 16.7 Å². The Morgan fingerprint density at radius 2 is 2.12 bits per heavy atom. The number of allylic oxidation sites excluding steroid dienone is 1. The van der Waals surface area contributed by atoms with Gasteiger partial charge in [-0.05, 0) is 24.6 Å². The van der Waals surface area contributed by atoms with E-state index in [-0.39, 0.29) is 35.1 Å². The Morgan fingerprint density at radius 1 is 1.35 bits per heavy atom. The maximum Gasteiger partial charge on any atom is 0.267 e. The van der Waals surface area contributed by atoms with Crippen molar-refractivity contribution in [3.8, 4) is 0 Å². The molecule has 7 nitrogen and oxygen atoms in total. The van der Waals surface area contributed by atoms with Gasteiger partial charge in [0.05, 0.1) is 10.9 Å². The summed E-state index contributed by atoms with van der Waals surface area (Å²) in [5.74, 6) is -0.441. The Bertz CT molecular complexity index is 1170. The Labute approximate surface area is 149 Å². The van der Waals surface area contributed by atoms with Crippen LogP contribution in [0.5, 0.6) is 0 Å². The zero-order chi connectivity index (χ0) is 18.8. The number of nitrogens with one attached hydrogen (secondary N) is 2. The molecule has 0 fully saturated rings. The molecule has 0 spiro atoms. The molecule has 3 heterocycles. The fourth-order valence-corrected chi connectivity index (χ4v) is 2.84. The lowest BCUT2D eigenvalue weighted by Gasteiger charge is -2.13. The summed E-state index contributed by atoms with van der Waals surface area (Å²) in [7, 11) is 0. The molecular weight excluding hydrogens is 330 g/mol. The third kappa shape index (κ3) is 2.73. The number of hydrogen-bond acceptors (Lipinski definition) is 4. The standard InChI is InChI=1S/C19H19N5O2/c1-4-8-21-18(25)13-11-14-17(23(9-5-2)15(13)20)22-16-12(3)7-6-10-24(16)19(14)26/h4-7,10-11,20H,1-2,8-9H2,3H3,(H,21,25). The first-order valence-electron chi connectivity index (χ1n) is 8.09. The van der Waals surface area contributed by atoms with Gasteiger partial charge >= 0.3 is 0 Å². The van der Waals surface area contributed by atoms with Crippen LogP contribution in [0.15, 0.2) is 54.5 Å². The van der Waals surface area contributed by atoms with Crippen LogP contribution in [0.1, 0.15) is 15.9 Å². The first kappa shape index (κ1) is 17.3. The number of aryl methyl sites for hydroxylation is 1. The number of carbonyl (C=O) groups is 1. The molecule has 3 aromatic rings. The summed E-state index contributed by atoms with van der Waals surface area (Å²) in [4.78, 5) is 30.0. The highest BCUT2D eigenvalue weighted by atomic mass is 16.1. The third-order valence-electron chi connectivity index (χ3n) is 4.10.